The number of piperidine rings is 1. The second-order valence-electron chi connectivity index (χ2n) is 5.85. The van der Waals surface area contributed by atoms with Crippen molar-refractivity contribution in [2.75, 3.05) is 31.1 Å². The van der Waals surface area contributed by atoms with Gasteiger partial charge in [-0.05, 0) is 31.9 Å². The Hall–Kier alpha value is -1.33. The van der Waals surface area contributed by atoms with Gasteiger partial charge in [0.2, 0.25) is 5.91 Å². The Morgan fingerprint density at radius 3 is 3.00 bits per heavy atom. The molecule has 2 aliphatic heterocycles. The maximum Gasteiger partial charge on any atom is 0.250 e. The first kappa shape index (κ1) is 13.6. The number of rotatable bonds is 2. The molecule has 6 heteroatoms. The van der Waals surface area contributed by atoms with Crippen molar-refractivity contribution in [3.05, 3.63) is 22.8 Å². The fourth-order valence-electron chi connectivity index (χ4n) is 3.29. The summed E-state index contributed by atoms with van der Waals surface area (Å²) in [6.45, 7) is 4.13. The van der Waals surface area contributed by atoms with Crippen LogP contribution in [-0.2, 0) is 0 Å². The molecule has 3 rings (SSSR count). The predicted octanol–water partition coefficient (Wildman–Crippen LogP) is 1.41. The molecule has 2 saturated heterocycles. The van der Waals surface area contributed by atoms with E-state index in [1.54, 1.807) is 6.07 Å². The zero-order valence-electron chi connectivity index (χ0n) is 11.4. The summed E-state index contributed by atoms with van der Waals surface area (Å²) in [7, 11) is 0. The number of amides is 1. The lowest BCUT2D eigenvalue weighted by atomic mass is 9.80. The van der Waals surface area contributed by atoms with Crippen molar-refractivity contribution in [3.63, 3.8) is 0 Å². The zero-order valence-corrected chi connectivity index (χ0v) is 12.1. The third kappa shape index (κ3) is 2.47. The minimum absolute atomic E-state index is 0.353. The van der Waals surface area contributed by atoms with E-state index in [1.807, 2.05) is 0 Å². The highest BCUT2D eigenvalue weighted by Gasteiger charge is 2.39. The number of primary amides is 1. The van der Waals surface area contributed by atoms with Gasteiger partial charge in [-0.25, -0.2) is 4.98 Å². The lowest BCUT2D eigenvalue weighted by molar-refractivity contribution is 0.1000. The summed E-state index contributed by atoms with van der Waals surface area (Å²) in [4.78, 5) is 17.7. The average Bonchev–Trinajstić information content (AvgIpc) is 2.83. The molecule has 0 aromatic carbocycles. The number of aromatic nitrogens is 1. The molecular weight excluding hydrogens is 276 g/mol. The van der Waals surface area contributed by atoms with Gasteiger partial charge < -0.3 is 16.0 Å². The Kier molecular flexibility index (Phi) is 3.56. The molecule has 3 N–H and O–H groups in total. The van der Waals surface area contributed by atoms with Crippen LogP contribution in [0.4, 0.5) is 5.82 Å². The van der Waals surface area contributed by atoms with Crippen LogP contribution in [0.1, 0.15) is 29.6 Å². The van der Waals surface area contributed by atoms with Crippen molar-refractivity contribution in [1.82, 2.24) is 10.3 Å². The average molecular weight is 295 g/mol. The van der Waals surface area contributed by atoms with Gasteiger partial charge in [-0.2, -0.15) is 0 Å². The minimum Gasteiger partial charge on any atom is -0.366 e. The molecule has 2 aliphatic rings. The van der Waals surface area contributed by atoms with Gasteiger partial charge in [-0.3, -0.25) is 4.79 Å². The van der Waals surface area contributed by atoms with E-state index in [4.69, 9.17) is 17.3 Å². The fourth-order valence-corrected chi connectivity index (χ4v) is 3.58. The third-order valence-electron chi connectivity index (χ3n) is 4.40. The van der Waals surface area contributed by atoms with Gasteiger partial charge in [0, 0.05) is 31.2 Å². The summed E-state index contributed by atoms with van der Waals surface area (Å²) in [6.07, 6.45) is 5.16. The maximum absolute atomic E-state index is 11.1. The number of nitrogens with zero attached hydrogens (tertiary/aromatic N) is 2. The van der Waals surface area contributed by atoms with Crippen LogP contribution in [0.2, 0.25) is 5.02 Å². The molecule has 1 aromatic heterocycles. The number of carbonyl (C=O) groups excluding carboxylic acids is 1. The molecular formula is C14H19ClN4O. The highest BCUT2D eigenvalue weighted by Crippen LogP contribution is 2.39. The van der Waals surface area contributed by atoms with Gasteiger partial charge in [0.15, 0.2) is 0 Å². The lowest BCUT2D eigenvalue weighted by Gasteiger charge is -2.34. The van der Waals surface area contributed by atoms with E-state index in [9.17, 15) is 4.79 Å². The molecule has 5 nitrogen and oxygen atoms in total. The van der Waals surface area contributed by atoms with Gasteiger partial charge >= 0.3 is 0 Å². The molecule has 1 atom stereocenters. The van der Waals surface area contributed by atoms with Crippen LogP contribution < -0.4 is 16.0 Å². The van der Waals surface area contributed by atoms with E-state index in [-0.39, 0.29) is 0 Å². The van der Waals surface area contributed by atoms with E-state index in [0.29, 0.717) is 16.0 Å². The minimum atomic E-state index is -0.500. The Morgan fingerprint density at radius 2 is 2.35 bits per heavy atom. The number of hydrogen-bond donors (Lipinski definition) is 2. The summed E-state index contributed by atoms with van der Waals surface area (Å²) in [5.74, 6) is 0.263. The molecule has 1 amide bonds. The van der Waals surface area contributed by atoms with Gasteiger partial charge in [-0.15, -0.1) is 0 Å². The Morgan fingerprint density at radius 1 is 1.50 bits per heavy atom. The molecule has 1 aromatic rings. The van der Waals surface area contributed by atoms with Crippen LogP contribution in [0.25, 0.3) is 0 Å². The van der Waals surface area contributed by atoms with Gasteiger partial charge in [0.25, 0.3) is 0 Å². The first-order valence-corrected chi connectivity index (χ1v) is 7.38. The summed E-state index contributed by atoms with van der Waals surface area (Å²) in [5, 5.41) is 3.99. The van der Waals surface area contributed by atoms with Gasteiger partial charge in [-0.1, -0.05) is 11.6 Å². The fraction of sp³-hybridized carbons (Fsp3) is 0.571. The third-order valence-corrected chi connectivity index (χ3v) is 4.68. The molecule has 0 bridgehead atoms. The molecule has 108 valence electrons. The number of hydrogen-bond acceptors (Lipinski definition) is 4. The number of halogens is 1. The monoisotopic (exact) mass is 294 g/mol. The number of carbonyl (C=O) groups is 1. The van der Waals surface area contributed by atoms with E-state index in [2.05, 4.69) is 15.2 Å². The van der Waals surface area contributed by atoms with E-state index >= 15 is 0 Å². The zero-order chi connectivity index (χ0) is 14.2. The number of pyridine rings is 1. The second-order valence-corrected chi connectivity index (χ2v) is 6.25. The van der Waals surface area contributed by atoms with Crippen molar-refractivity contribution in [2.45, 2.75) is 19.3 Å². The van der Waals surface area contributed by atoms with Crippen LogP contribution in [0.5, 0.6) is 0 Å². The van der Waals surface area contributed by atoms with E-state index in [1.165, 1.54) is 19.0 Å². The van der Waals surface area contributed by atoms with Crippen LogP contribution in [0, 0.1) is 5.41 Å². The topological polar surface area (TPSA) is 71.2 Å². The molecule has 1 unspecified atom stereocenters. The number of anilines is 1. The first-order valence-electron chi connectivity index (χ1n) is 7.01. The van der Waals surface area contributed by atoms with Crippen molar-refractivity contribution < 1.29 is 4.79 Å². The summed E-state index contributed by atoms with van der Waals surface area (Å²) in [6, 6.07) is 1.61. The summed E-state index contributed by atoms with van der Waals surface area (Å²) in [5.41, 5.74) is 5.94. The smallest absolute Gasteiger partial charge is 0.250 e. The normalized spacial score (nSPS) is 26.1. The van der Waals surface area contributed by atoms with E-state index in [0.717, 1.165) is 38.4 Å². The van der Waals surface area contributed by atoms with Gasteiger partial charge in [0.05, 0.1) is 10.6 Å². The molecule has 0 saturated carbocycles. The quantitative estimate of drug-likeness (QED) is 0.865. The van der Waals surface area contributed by atoms with Crippen LogP contribution >= 0.6 is 11.6 Å². The molecule has 0 radical (unpaired) electrons. The molecule has 20 heavy (non-hydrogen) atoms. The highest BCUT2D eigenvalue weighted by atomic mass is 35.5. The van der Waals surface area contributed by atoms with Crippen LogP contribution in [0.3, 0.4) is 0 Å². The molecule has 0 aliphatic carbocycles. The first-order chi connectivity index (χ1) is 9.60. The number of nitrogens with two attached hydrogens (primary N) is 1. The van der Waals surface area contributed by atoms with Crippen molar-refractivity contribution in [2.24, 2.45) is 11.1 Å². The summed E-state index contributed by atoms with van der Waals surface area (Å²) >= 11 is 6.25. The van der Waals surface area contributed by atoms with Crippen molar-refractivity contribution in [3.8, 4) is 0 Å². The number of nitrogens with one attached hydrogen (secondary N) is 1. The predicted molar refractivity (Wildman–Crippen MR) is 79.1 cm³/mol. The highest BCUT2D eigenvalue weighted by molar-refractivity contribution is 6.33. The summed E-state index contributed by atoms with van der Waals surface area (Å²) < 4.78 is 0. The van der Waals surface area contributed by atoms with Crippen LogP contribution in [0.15, 0.2) is 12.3 Å². The van der Waals surface area contributed by atoms with Crippen LogP contribution in [-0.4, -0.2) is 37.1 Å². The molecule has 3 heterocycles. The molecule has 1 spiro atoms. The molecule has 2 fully saturated rings. The Bertz CT molecular complexity index is 528. The Labute approximate surface area is 123 Å². The van der Waals surface area contributed by atoms with Gasteiger partial charge in [0.1, 0.15) is 5.82 Å². The van der Waals surface area contributed by atoms with Crippen molar-refractivity contribution in [1.29, 1.82) is 0 Å². The van der Waals surface area contributed by atoms with Crippen molar-refractivity contribution >= 4 is 23.3 Å². The van der Waals surface area contributed by atoms with E-state index < -0.39 is 5.91 Å². The second kappa shape index (κ2) is 5.22. The standard InChI is InChI=1S/C14H19ClN4O/c15-11-6-10(12(16)20)7-18-13(11)19-5-3-14(9-19)2-1-4-17-8-14/h6-7,17H,1-5,8-9H2,(H2,16,20). The SMILES string of the molecule is NC(=O)c1cnc(N2CCC3(CCCNC3)C2)c(Cl)c1. The maximum atomic E-state index is 11.1. The Balaban J connectivity index is 1.79. The lowest BCUT2D eigenvalue weighted by Crippen LogP contribution is -2.42. The largest absolute Gasteiger partial charge is 0.366 e.